The number of aromatic nitrogens is 1. The molecule has 0 saturated carbocycles. The molecule has 72 valence electrons. The lowest BCUT2D eigenvalue weighted by Gasteiger charge is -2.14. The normalized spacial score (nSPS) is 10.8. The highest BCUT2D eigenvalue weighted by atomic mass is 127. The first kappa shape index (κ1) is 10.7. The number of nitrogens with zero attached hydrogens (tertiary/aromatic N) is 1. The van der Waals surface area contributed by atoms with Gasteiger partial charge < -0.3 is 14.8 Å². The smallest absolute Gasteiger partial charge is 0.264 e. The molecular weight excluding hydrogens is 285 g/mol. The van der Waals surface area contributed by atoms with E-state index in [1.165, 1.54) is 4.57 Å². The molecule has 1 aromatic heterocycles. The summed E-state index contributed by atoms with van der Waals surface area (Å²) in [5.74, 6) is 0. The third kappa shape index (κ3) is 2.29. The molecule has 13 heavy (non-hydrogen) atoms. The SMILES string of the molecule is O=c1c(I)cccn1C(CO)CO. The van der Waals surface area contributed by atoms with Crippen molar-refractivity contribution in [1.82, 2.24) is 4.57 Å². The fraction of sp³-hybridized carbons (Fsp3) is 0.375. The fourth-order valence-electron chi connectivity index (χ4n) is 1.00. The van der Waals surface area contributed by atoms with Crippen molar-refractivity contribution in [1.29, 1.82) is 0 Å². The molecule has 0 aliphatic carbocycles. The summed E-state index contributed by atoms with van der Waals surface area (Å²) in [5, 5.41) is 17.7. The van der Waals surface area contributed by atoms with Crippen LogP contribution in [0.1, 0.15) is 6.04 Å². The van der Waals surface area contributed by atoms with Gasteiger partial charge in [-0.1, -0.05) is 0 Å². The molecule has 0 saturated heterocycles. The number of hydrogen-bond donors (Lipinski definition) is 2. The molecule has 0 atom stereocenters. The van der Waals surface area contributed by atoms with Crippen molar-refractivity contribution in [2.45, 2.75) is 6.04 Å². The Hall–Kier alpha value is -0.400. The molecule has 0 amide bonds. The predicted molar refractivity (Wildman–Crippen MR) is 56.6 cm³/mol. The molecular formula is C8H10INO3. The van der Waals surface area contributed by atoms with E-state index >= 15 is 0 Å². The zero-order valence-corrected chi connectivity index (χ0v) is 9.01. The van der Waals surface area contributed by atoms with Gasteiger partial charge in [0.2, 0.25) is 0 Å². The van der Waals surface area contributed by atoms with Crippen LogP contribution in [0.4, 0.5) is 0 Å². The lowest BCUT2D eigenvalue weighted by Crippen LogP contribution is -2.29. The van der Waals surface area contributed by atoms with Crippen molar-refractivity contribution in [3.63, 3.8) is 0 Å². The molecule has 0 aliphatic heterocycles. The summed E-state index contributed by atoms with van der Waals surface area (Å²) >= 11 is 1.92. The summed E-state index contributed by atoms with van der Waals surface area (Å²) < 4.78 is 1.91. The molecule has 1 rings (SSSR count). The van der Waals surface area contributed by atoms with Crippen LogP contribution in [0.15, 0.2) is 23.1 Å². The van der Waals surface area contributed by atoms with Crippen molar-refractivity contribution in [3.8, 4) is 0 Å². The van der Waals surface area contributed by atoms with Gasteiger partial charge in [-0.15, -0.1) is 0 Å². The number of hydrogen-bond acceptors (Lipinski definition) is 3. The zero-order valence-electron chi connectivity index (χ0n) is 6.85. The van der Waals surface area contributed by atoms with E-state index in [2.05, 4.69) is 0 Å². The Labute approximate surface area is 89.0 Å². The van der Waals surface area contributed by atoms with Gasteiger partial charge in [-0.3, -0.25) is 4.79 Å². The van der Waals surface area contributed by atoms with E-state index in [0.29, 0.717) is 3.57 Å². The minimum atomic E-state index is -0.540. The summed E-state index contributed by atoms with van der Waals surface area (Å²) in [6.07, 6.45) is 1.56. The van der Waals surface area contributed by atoms with E-state index in [1.54, 1.807) is 18.3 Å². The standard InChI is InChI=1S/C8H10INO3/c9-7-2-1-3-10(8(7)13)6(4-11)5-12/h1-3,6,11-12H,4-5H2. The lowest BCUT2D eigenvalue weighted by molar-refractivity contribution is 0.152. The first-order valence-electron chi connectivity index (χ1n) is 3.79. The number of aliphatic hydroxyl groups excluding tert-OH is 2. The summed E-state index contributed by atoms with van der Waals surface area (Å²) in [6, 6.07) is 2.86. The first-order valence-corrected chi connectivity index (χ1v) is 4.87. The van der Waals surface area contributed by atoms with Gasteiger partial charge >= 0.3 is 0 Å². The van der Waals surface area contributed by atoms with Crippen LogP contribution in [0.25, 0.3) is 0 Å². The molecule has 0 aliphatic rings. The Balaban J connectivity index is 3.14. The number of halogens is 1. The lowest BCUT2D eigenvalue weighted by atomic mass is 10.3. The molecule has 1 aromatic rings. The topological polar surface area (TPSA) is 62.5 Å². The van der Waals surface area contributed by atoms with E-state index in [9.17, 15) is 4.79 Å². The van der Waals surface area contributed by atoms with Crippen LogP contribution < -0.4 is 5.56 Å². The number of aliphatic hydroxyl groups is 2. The second kappa shape index (κ2) is 4.73. The van der Waals surface area contributed by atoms with Crippen LogP contribution in [0.3, 0.4) is 0 Å². The molecule has 1 heterocycles. The van der Waals surface area contributed by atoms with E-state index in [4.69, 9.17) is 10.2 Å². The third-order valence-electron chi connectivity index (χ3n) is 1.74. The minimum Gasteiger partial charge on any atom is -0.394 e. The monoisotopic (exact) mass is 295 g/mol. The molecule has 0 fully saturated rings. The van der Waals surface area contributed by atoms with Gasteiger partial charge in [0.25, 0.3) is 5.56 Å². The highest BCUT2D eigenvalue weighted by Crippen LogP contribution is 2.03. The highest BCUT2D eigenvalue weighted by Gasteiger charge is 2.10. The Kier molecular flexibility index (Phi) is 3.89. The summed E-state index contributed by atoms with van der Waals surface area (Å²) in [6.45, 7) is -0.479. The maximum Gasteiger partial charge on any atom is 0.264 e. The van der Waals surface area contributed by atoms with Gasteiger partial charge in [0.1, 0.15) is 0 Å². The molecule has 0 spiro atoms. The van der Waals surface area contributed by atoms with Crippen LogP contribution in [0, 0.1) is 3.57 Å². The molecule has 2 N–H and O–H groups in total. The Morgan fingerprint density at radius 1 is 1.46 bits per heavy atom. The third-order valence-corrected chi connectivity index (χ3v) is 2.56. The molecule has 0 radical (unpaired) electrons. The molecule has 0 aromatic carbocycles. The first-order chi connectivity index (χ1) is 6.20. The van der Waals surface area contributed by atoms with Crippen LogP contribution >= 0.6 is 22.6 Å². The maximum atomic E-state index is 11.5. The van der Waals surface area contributed by atoms with Gasteiger partial charge in [0.15, 0.2) is 0 Å². The molecule has 0 bridgehead atoms. The zero-order chi connectivity index (χ0) is 9.84. The second-order valence-electron chi connectivity index (χ2n) is 2.59. The van der Waals surface area contributed by atoms with E-state index in [-0.39, 0.29) is 18.8 Å². The van der Waals surface area contributed by atoms with Gasteiger partial charge in [-0.25, -0.2) is 0 Å². The molecule has 4 nitrogen and oxygen atoms in total. The average Bonchev–Trinajstić information content (AvgIpc) is 2.14. The molecule has 0 unspecified atom stereocenters. The van der Waals surface area contributed by atoms with Crippen LogP contribution in [-0.2, 0) is 0 Å². The van der Waals surface area contributed by atoms with Gasteiger partial charge in [-0.05, 0) is 34.7 Å². The van der Waals surface area contributed by atoms with E-state index in [1.807, 2.05) is 22.6 Å². The van der Waals surface area contributed by atoms with Gasteiger partial charge in [0, 0.05) is 6.20 Å². The van der Waals surface area contributed by atoms with Crippen molar-refractivity contribution < 1.29 is 10.2 Å². The minimum absolute atomic E-state index is 0.184. The maximum absolute atomic E-state index is 11.5. The average molecular weight is 295 g/mol. The Bertz CT molecular complexity index is 332. The van der Waals surface area contributed by atoms with Crippen molar-refractivity contribution >= 4 is 22.6 Å². The Morgan fingerprint density at radius 2 is 2.08 bits per heavy atom. The summed E-state index contributed by atoms with van der Waals surface area (Å²) in [7, 11) is 0. The quantitative estimate of drug-likeness (QED) is 0.770. The summed E-state index contributed by atoms with van der Waals surface area (Å²) in [5.41, 5.74) is -0.184. The van der Waals surface area contributed by atoms with Crippen LogP contribution in [0.5, 0.6) is 0 Å². The largest absolute Gasteiger partial charge is 0.394 e. The van der Waals surface area contributed by atoms with Crippen molar-refractivity contribution in [2.75, 3.05) is 13.2 Å². The van der Waals surface area contributed by atoms with Crippen molar-refractivity contribution in [3.05, 3.63) is 32.3 Å². The second-order valence-corrected chi connectivity index (χ2v) is 3.75. The van der Waals surface area contributed by atoms with E-state index < -0.39 is 6.04 Å². The van der Waals surface area contributed by atoms with Crippen molar-refractivity contribution in [2.24, 2.45) is 0 Å². The van der Waals surface area contributed by atoms with Crippen LogP contribution in [-0.4, -0.2) is 28.0 Å². The molecule has 5 heteroatoms. The predicted octanol–water partition coefficient (Wildman–Crippen LogP) is -0.0214. The summed E-state index contributed by atoms with van der Waals surface area (Å²) in [4.78, 5) is 11.5. The van der Waals surface area contributed by atoms with Crippen LogP contribution in [0.2, 0.25) is 0 Å². The number of pyridine rings is 1. The highest BCUT2D eigenvalue weighted by molar-refractivity contribution is 14.1. The van der Waals surface area contributed by atoms with Gasteiger partial charge in [-0.2, -0.15) is 0 Å². The number of rotatable bonds is 3. The van der Waals surface area contributed by atoms with Gasteiger partial charge in [0.05, 0.1) is 22.8 Å². The van der Waals surface area contributed by atoms with E-state index in [0.717, 1.165) is 0 Å². The Morgan fingerprint density at radius 3 is 2.62 bits per heavy atom. The fourth-order valence-corrected chi connectivity index (χ4v) is 1.49.